The Balaban J connectivity index is 2.64. The molecule has 1 aromatic heterocycles. The van der Waals surface area contributed by atoms with Crippen molar-refractivity contribution in [1.82, 2.24) is 4.98 Å². The number of methoxy groups -OCH3 is 1. The number of aromatic hydroxyl groups is 1. The van der Waals surface area contributed by atoms with Crippen LogP contribution in [0.5, 0.6) is 11.6 Å². The Labute approximate surface area is 107 Å². The average Bonchev–Trinajstić information content (AvgIpc) is 2.35. The predicted octanol–water partition coefficient (Wildman–Crippen LogP) is 3.39. The molecule has 0 spiro atoms. The van der Waals surface area contributed by atoms with E-state index in [-0.39, 0.29) is 16.5 Å². The summed E-state index contributed by atoms with van der Waals surface area (Å²) in [7, 11) is 1.41. The minimum atomic E-state index is -1.13. The topological polar surface area (TPSA) is 42.4 Å². The van der Waals surface area contributed by atoms with Gasteiger partial charge >= 0.3 is 0 Å². The molecule has 2 aromatic rings. The number of benzene rings is 1. The molecule has 0 bridgehead atoms. The molecule has 94 valence electrons. The second kappa shape index (κ2) is 4.78. The highest BCUT2D eigenvalue weighted by Crippen LogP contribution is 2.36. The summed E-state index contributed by atoms with van der Waals surface area (Å²) >= 11 is 5.91. The summed E-state index contributed by atoms with van der Waals surface area (Å²) < 4.78 is 31.0. The van der Waals surface area contributed by atoms with E-state index in [1.54, 1.807) is 0 Å². The first-order valence-electron chi connectivity index (χ1n) is 4.91. The van der Waals surface area contributed by atoms with Gasteiger partial charge in [0.25, 0.3) is 0 Å². The van der Waals surface area contributed by atoms with Crippen LogP contribution < -0.4 is 4.74 Å². The normalized spacial score (nSPS) is 10.4. The molecule has 0 saturated carbocycles. The third-order valence-corrected chi connectivity index (χ3v) is 2.67. The Morgan fingerprint density at radius 3 is 2.50 bits per heavy atom. The Morgan fingerprint density at radius 1 is 1.17 bits per heavy atom. The van der Waals surface area contributed by atoms with Gasteiger partial charge in [-0.1, -0.05) is 11.6 Å². The first-order valence-corrected chi connectivity index (χ1v) is 5.28. The molecule has 0 aliphatic carbocycles. The van der Waals surface area contributed by atoms with Crippen molar-refractivity contribution < 1.29 is 18.6 Å². The molecule has 1 heterocycles. The summed E-state index contributed by atoms with van der Waals surface area (Å²) in [5, 5.41) is 9.82. The van der Waals surface area contributed by atoms with E-state index in [0.717, 1.165) is 6.07 Å². The number of rotatable bonds is 2. The lowest BCUT2D eigenvalue weighted by Gasteiger charge is -2.09. The molecular formula is C12H8ClF2NO2. The summed E-state index contributed by atoms with van der Waals surface area (Å²) in [6.45, 7) is 0. The van der Waals surface area contributed by atoms with Gasteiger partial charge in [-0.05, 0) is 6.07 Å². The van der Waals surface area contributed by atoms with E-state index >= 15 is 0 Å². The first-order chi connectivity index (χ1) is 8.52. The van der Waals surface area contributed by atoms with Gasteiger partial charge in [0.15, 0.2) is 11.6 Å². The predicted molar refractivity (Wildman–Crippen MR) is 62.8 cm³/mol. The molecule has 0 radical (unpaired) electrons. The zero-order chi connectivity index (χ0) is 13.3. The molecule has 0 fully saturated rings. The molecule has 1 N–H and O–H groups in total. The van der Waals surface area contributed by atoms with Crippen LogP contribution in [-0.2, 0) is 0 Å². The van der Waals surface area contributed by atoms with E-state index < -0.39 is 17.4 Å². The Morgan fingerprint density at radius 2 is 1.83 bits per heavy atom. The average molecular weight is 272 g/mol. The van der Waals surface area contributed by atoms with Crippen LogP contribution in [-0.4, -0.2) is 17.2 Å². The Hall–Kier alpha value is -1.88. The van der Waals surface area contributed by atoms with Crippen LogP contribution in [0.15, 0.2) is 24.4 Å². The minimum Gasteiger partial charge on any atom is -0.507 e. The van der Waals surface area contributed by atoms with Gasteiger partial charge < -0.3 is 9.84 Å². The van der Waals surface area contributed by atoms with Crippen LogP contribution >= 0.6 is 11.6 Å². The molecule has 0 unspecified atom stereocenters. The molecule has 1 aromatic carbocycles. The highest BCUT2D eigenvalue weighted by atomic mass is 35.5. The number of aromatic nitrogens is 1. The smallest absolute Gasteiger partial charge is 0.213 e. The standard InChI is InChI=1S/C12H8ClF2NO2/c1-18-12-3-6(8(13)5-16-12)7-2-9(14)10(15)4-11(7)17/h2-5,17H,1H3. The van der Waals surface area contributed by atoms with Gasteiger partial charge in [-0.3, -0.25) is 0 Å². The lowest BCUT2D eigenvalue weighted by Crippen LogP contribution is -1.91. The molecule has 0 amide bonds. The van der Waals surface area contributed by atoms with E-state index in [1.165, 1.54) is 19.4 Å². The third kappa shape index (κ3) is 2.22. The van der Waals surface area contributed by atoms with Crippen LogP contribution in [0, 0.1) is 11.6 Å². The number of pyridine rings is 1. The van der Waals surface area contributed by atoms with E-state index in [0.29, 0.717) is 11.6 Å². The summed E-state index contributed by atoms with van der Waals surface area (Å²) in [5.74, 6) is -2.37. The van der Waals surface area contributed by atoms with Crippen LogP contribution in [0.3, 0.4) is 0 Å². The van der Waals surface area contributed by atoms with Crippen molar-refractivity contribution in [3.05, 3.63) is 41.1 Å². The van der Waals surface area contributed by atoms with Gasteiger partial charge in [0.2, 0.25) is 5.88 Å². The summed E-state index contributed by atoms with van der Waals surface area (Å²) in [4.78, 5) is 3.85. The minimum absolute atomic E-state index is 0.0691. The number of phenols is 1. The molecule has 0 saturated heterocycles. The second-order valence-electron chi connectivity index (χ2n) is 3.49. The number of hydrogen-bond acceptors (Lipinski definition) is 3. The van der Waals surface area contributed by atoms with Gasteiger partial charge in [-0.25, -0.2) is 13.8 Å². The van der Waals surface area contributed by atoms with Gasteiger partial charge in [0.1, 0.15) is 5.75 Å². The van der Waals surface area contributed by atoms with Crippen molar-refractivity contribution in [3.8, 4) is 22.8 Å². The van der Waals surface area contributed by atoms with E-state index in [4.69, 9.17) is 16.3 Å². The van der Waals surface area contributed by atoms with E-state index in [9.17, 15) is 13.9 Å². The largest absolute Gasteiger partial charge is 0.507 e. The molecule has 3 nitrogen and oxygen atoms in total. The van der Waals surface area contributed by atoms with Crippen molar-refractivity contribution in [2.75, 3.05) is 7.11 Å². The second-order valence-corrected chi connectivity index (χ2v) is 3.90. The molecule has 2 rings (SSSR count). The van der Waals surface area contributed by atoms with Gasteiger partial charge in [0, 0.05) is 23.3 Å². The monoisotopic (exact) mass is 271 g/mol. The summed E-state index contributed by atoms with van der Waals surface area (Å²) in [6, 6.07) is 2.98. The Bertz CT molecular complexity index is 605. The number of nitrogens with zero attached hydrogens (tertiary/aromatic N) is 1. The third-order valence-electron chi connectivity index (χ3n) is 2.37. The summed E-state index contributed by atoms with van der Waals surface area (Å²) in [5.41, 5.74) is 0.375. The molecule has 0 atom stereocenters. The van der Waals surface area contributed by atoms with Gasteiger partial charge in [-0.15, -0.1) is 0 Å². The molecular weight excluding hydrogens is 264 g/mol. The van der Waals surface area contributed by atoms with Crippen molar-refractivity contribution >= 4 is 11.6 Å². The maximum absolute atomic E-state index is 13.2. The molecule has 0 aliphatic heterocycles. The molecule has 18 heavy (non-hydrogen) atoms. The highest BCUT2D eigenvalue weighted by Gasteiger charge is 2.14. The fraction of sp³-hybridized carbons (Fsp3) is 0.0833. The van der Waals surface area contributed by atoms with Crippen LogP contribution in [0.4, 0.5) is 8.78 Å². The number of phenolic OH excluding ortho intramolecular Hbond substituents is 1. The highest BCUT2D eigenvalue weighted by molar-refractivity contribution is 6.33. The lowest BCUT2D eigenvalue weighted by atomic mass is 10.1. The zero-order valence-electron chi connectivity index (χ0n) is 9.25. The lowest BCUT2D eigenvalue weighted by molar-refractivity contribution is 0.398. The van der Waals surface area contributed by atoms with Crippen molar-refractivity contribution in [3.63, 3.8) is 0 Å². The van der Waals surface area contributed by atoms with Crippen molar-refractivity contribution in [2.24, 2.45) is 0 Å². The number of hydrogen-bond donors (Lipinski definition) is 1. The van der Waals surface area contributed by atoms with Crippen LogP contribution in [0.25, 0.3) is 11.1 Å². The van der Waals surface area contributed by atoms with Crippen LogP contribution in [0.1, 0.15) is 0 Å². The fourth-order valence-corrected chi connectivity index (χ4v) is 1.69. The number of ether oxygens (including phenoxy) is 1. The van der Waals surface area contributed by atoms with E-state index in [1.807, 2.05) is 0 Å². The van der Waals surface area contributed by atoms with Gasteiger partial charge in [0.05, 0.1) is 18.3 Å². The molecule has 0 aliphatic rings. The molecule has 6 heteroatoms. The fourth-order valence-electron chi connectivity index (χ4n) is 1.49. The maximum atomic E-state index is 13.2. The van der Waals surface area contributed by atoms with Crippen LogP contribution in [0.2, 0.25) is 5.02 Å². The number of halogens is 3. The van der Waals surface area contributed by atoms with Crippen molar-refractivity contribution in [2.45, 2.75) is 0 Å². The quantitative estimate of drug-likeness (QED) is 0.910. The SMILES string of the molecule is COc1cc(-c2cc(F)c(F)cc2O)c(Cl)cn1. The maximum Gasteiger partial charge on any atom is 0.213 e. The first kappa shape index (κ1) is 12.6. The van der Waals surface area contributed by atoms with Crippen molar-refractivity contribution in [1.29, 1.82) is 0 Å². The van der Waals surface area contributed by atoms with E-state index in [2.05, 4.69) is 4.98 Å². The van der Waals surface area contributed by atoms with Gasteiger partial charge in [-0.2, -0.15) is 0 Å². The summed E-state index contributed by atoms with van der Waals surface area (Å²) in [6.07, 6.45) is 1.30. The Kier molecular flexibility index (Phi) is 3.34. The zero-order valence-corrected chi connectivity index (χ0v) is 10.0.